The van der Waals surface area contributed by atoms with Crippen LogP contribution in [-0.2, 0) is 20.9 Å². The van der Waals surface area contributed by atoms with Crippen molar-refractivity contribution in [3.63, 3.8) is 0 Å². The summed E-state index contributed by atoms with van der Waals surface area (Å²) in [5, 5.41) is 7.12. The third-order valence-electron chi connectivity index (χ3n) is 5.95. The number of hydrogen-bond acceptors (Lipinski definition) is 5. The first-order chi connectivity index (χ1) is 14.7. The average Bonchev–Trinajstić information content (AvgIpc) is 3.40. The molecule has 4 rings (SSSR count). The van der Waals surface area contributed by atoms with Gasteiger partial charge in [0.05, 0.1) is 19.8 Å². The molecule has 0 spiro atoms. The van der Waals surface area contributed by atoms with Gasteiger partial charge in [0.15, 0.2) is 0 Å². The van der Waals surface area contributed by atoms with Gasteiger partial charge >= 0.3 is 12.1 Å². The largest absolute Gasteiger partial charge is 0.497 e. The van der Waals surface area contributed by atoms with Crippen LogP contribution in [0.25, 0.3) is 0 Å². The molecule has 7 nitrogen and oxygen atoms in total. The molecule has 0 radical (unpaired) electrons. The number of alkyl halides is 3. The lowest BCUT2D eigenvalue weighted by molar-refractivity contribution is -0.192. The molecular weight excluding hydrogens is 417 g/mol. The van der Waals surface area contributed by atoms with Gasteiger partial charge in [0.1, 0.15) is 5.75 Å². The molecule has 0 aliphatic carbocycles. The molecule has 31 heavy (non-hydrogen) atoms. The first-order valence-corrected chi connectivity index (χ1v) is 10.2. The number of nitrogens with zero attached hydrogens (tertiary/aromatic N) is 2. The van der Waals surface area contributed by atoms with Crippen LogP contribution in [0.4, 0.5) is 13.2 Å². The van der Waals surface area contributed by atoms with Crippen LogP contribution in [0.2, 0.25) is 0 Å². The molecule has 0 aromatic heterocycles. The van der Waals surface area contributed by atoms with Gasteiger partial charge in [-0.25, -0.2) is 4.79 Å². The Labute approximate surface area is 178 Å². The first kappa shape index (κ1) is 23.3. The predicted molar refractivity (Wildman–Crippen MR) is 104 cm³/mol. The zero-order chi connectivity index (χ0) is 22.6. The molecule has 0 bridgehead atoms. The number of carboxylic acids is 1. The monoisotopic (exact) mass is 444 g/mol. The molecule has 1 amide bonds. The molecule has 1 aromatic carbocycles. The summed E-state index contributed by atoms with van der Waals surface area (Å²) in [5.41, 5.74) is 1.31. The second kappa shape index (κ2) is 9.86. The van der Waals surface area contributed by atoms with Crippen molar-refractivity contribution in [1.29, 1.82) is 0 Å². The van der Waals surface area contributed by atoms with Crippen molar-refractivity contribution in [3.05, 3.63) is 29.8 Å². The lowest BCUT2D eigenvalue weighted by Gasteiger charge is -2.24. The van der Waals surface area contributed by atoms with Crippen molar-refractivity contribution in [2.24, 2.45) is 11.8 Å². The Kier molecular flexibility index (Phi) is 7.42. The number of amides is 1. The molecule has 172 valence electrons. The minimum absolute atomic E-state index is 0.325. The standard InChI is InChI=1S/C19H26N2O3.C2HF3O2/c1-23-16-6-4-14(5-7-16)9-20-11-17-15(13-24-18(17)12-20)10-21-8-2-3-19(21)22;3-2(4,5)1(6)7/h4-7,15,17-18H,2-3,8-13H2,1H3;(H,6,7)/t15-,17+,18+;/m0./s1. The highest BCUT2D eigenvalue weighted by Crippen LogP contribution is 2.35. The van der Waals surface area contributed by atoms with E-state index in [1.807, 2.05) is 17.0 Å². The first-order valence-electron chi connectivity index (χ1n) is 10.2. The number of ether oxygens (including phenoxy) is 2. The average molecular weight is 444 g/mol. The molecular formula is C21H27F3N2O5. The van der Waals surface area contributed by atoms with Crippen molar-refractivity contribution in [1.82, 2.24) is 9.80 Å². The van der Waals surface area contributed by atoms with E-state index in [1.165, 1.54) is 5.56 Å². The highest BCUT2D eigenvalue weighted by atomic mass is 19.4. The number of carbonyl (C=O) groups excluding carboxylic acids is 1. The maximum Gasteiger partial charge on any atom is 0.490 e. The van der Waals surface area contributed by atoms with Crippen LogP contribution in [0.1, 0.15) is 18.4 Å². The molecule has 1 N–H and O–H groups in total. The van der Waals surface area contributed by atoms with E-state index in [2.05, 4.69) is 17.0 Å². The molecule has 3 aliphatic rings. The SMILES string of the molecule is COc1ccc(CN2C[C@@H]3[C@@H](CN4CCCC4=O)CO[C@@H]3C2)cc1.O=C(O)C(F)(F)F. The van der Waals surface area contributed by atoms with Crippen molar-refractivity contribution in [3.8, 4) is 5.75 Å². The lowest BCUT2D eigenvalue weighted by atomic mass is 9.93. The van der Waals surface area contributed by atoms with Gasteiger partial charge in [-0.1, -0.05) is 12.1 Å². The van der Waals surface area contributed by atoms with Gasteiger partial charge in [-0.3, -0.25) is 9.69 Å². The molecule has 3 saturated heterocycles. The summed E-state index contributed by atoms with van der Waals surface area (Å²) in [7, 11) is 1.69. The van der Waals surface area contributed by atoms with Gasteiger partial charge in [-0.05, 0) is 24.1 Å². The smallest absolute Gasteiger partial charge is 0.490 e. The number of likely N-dealkylation sites (tertiary alicyclic amines) is 2. The van der Waals surface area contributed by atoms with Crippen LogP contribution in [0.5, 0.6) is 5.75 Å². The maximum absolute atomic E-state index is 11.9. The number of aliphatic carboxylic acids is 1. The molecule has 0 unspecified atom stereocenters. The van der Waals surface area contributed by atoms with Crippen molar-refractivity contribution >= 4 is 11.9 Å². The predicted octanol–water partition coefficient (Wildman–Crippen LogP) is 2.40. The van der Waals surface area contributed by atoms with E-state index in [0.717, 1.165) is 57.9 Å². The van der Waals surface area contributed by atoms with Gasteiger partial charge in [-0.2, -0.15) is 13.2 Å². The van der Waals surface area contributed by atoms with Crippen LogP contribution in [-0.4, -0.2) is 79.0 Å². The van der Waals surface area contributed by atoms with E-state index in [9.17, 15) is 18.0 Å². The summed E-state index contributed by atoms with van der Waals surface area (Å²) in [6, 6.07) is 8.30. The normalized spacial score (nSPS) is 25.9. The van der Waals surface area contributed by atoms with Crippen LogP contribution >= 0.6 is 0 Å². The maximum atomic E-state index is 11.9. The summed E-state index contributed by atoms with van der Waals surface area (Å²) in [6.45, 7) is 5.66. The third-order valence-corrected chi connectivity index (χ3v) is 5.95. The zero-order valence-corrected chi connectivity index (χ0v) is 17.3. The Morgan fingerprint density at radius 2 is 1.94 bits per heavy atom. The summed E-state index contributed by atoms with van der Waals surface area (Å²) in [4.78, 5) is 25.3. The number of methoxy groups -OCH3 is 1. The highest BCUT2D eigenvalue weighted by molar-refractivity contribution is 5.78. The summed E-state index contributed by atoms with van der Waals surface area (Å²) >= 11 is 0. The van der Waals surface area contributed by atoms with Crippen molar-refractivity contribution in [2.45, 2.75) is 31.7 Å². The van der Waals surface area contributed by atoms with Gasteiger partial charge in [0.25, 0.3) is 0 Å². The number of halogens is 3. The van der Waals surface area contributed by atoms with E-state index in [1.54, 1.807) is 7.11 Å². The fourth-order valence-electron chi connectivity index (χ4n) is 4.37. The Hall–Kier alpha value is -2.33. The minimum Gasteiger partial charge on any atom is -0.497 e. The number of hydrogen-bond donors (Lipinski definition) is 1. The van der Waals surface area contributed by atoms with Crippen LogP contribution in [0.3, 0.4) is 0 Å². The third kappa shape index (κ3) is 6.10. The minimum atomic E-state index is -5.08. The highest BCUT2D eigenvalue weighted by Gasteiger charge is 2.44. The molecule has 3 aliphatic heterocycles. The van der Waals surface area contributed by atoms with Crippen molar-refractivity contribution < 1.29 is 37.3 Å². The quantitative estimate of drug-likeness (QED) is 0.752. The van der Waals surface area contributed by atoms with Crippen LogP contribution in [0, 0.1) is 11.8 Å². The Morgan fingerprint density at radius 1 is 1.26 bits per heavy atom. The second-order valence-electron chi connectivity index (χ2n) is 8.08. The van der Waals surface area contributed by atoms with Gasteiger partial charge in [0, 0.05) is 51.0 Å². The van der Waals surface area contributed by atoms with E-state index >= 15 is 0 Å². The molecule has 1 aromatic rings. The summed E-state index contributed by atoms with van der Waals surface area (Å²) < 4.78 is 43.0. The molecule has 3 fully saturated rings. The van der Waals surface area contributed by atoms with E-state index in [0.29, 0.717) is 23.8 Å². The number of carbonyl (C=O) groups is 2. The molecule has 10 heteroatoms. The van der Waals surface area contributed by atoms with E-state index < -0.39 is 12.1 Å². The van der Waals surface area contributed by atoms with Gasteiger partial charge in [0.2, 0.25) is 5.91 Å². The summed E-state index contributed by atoms with van der Waals surface area (Å²) in [6.07, 6.45) is -3.00. The van der Waals surface area contributed by atoms with E-state index in [-0.39, 0.29) is 0 Å². The Bertz CT molecular complexity index is 771. The number of rotatable bonds is 5. The van der Waals surface area contributed by atoms with Gasteiger partial charge < -0.3 is 19.5 Å². The molecule has 0 saturated carbocycles. The number of carboxylic acid groups (broad SMARTS) is 1. The molecule has 3 atom stereocenters. The summed E-state index contributed by atoms with van der Waals surface area (Å²) in [5.74, 6) is -0.468. The van der Waals surface area contributed by atoms with E-state index in [4.69, 9.17) is 19.4 Å². The Balaban J connectivity index is 0.000000339. The van der Waals surface area contributed by atoms with Gasteiger partial charge in [-0.15, -0.1) is 0 Å². The number of benzene rings is 1. The fourth-order valence-corrected chi connectivity index (χ4v) is 4.37. The second-order valence-corrected chi connectivity index (χ2v) is 8.08. The Morgan fingerprint density at radius 3 is 2.48 bits per heavy atom. The number of fused-ring (bicyclic) bond motifs is 1. The fraction of sp³-hybridized carbons (Fsp3) is 0.619. The molecule has 3 heterocycles. The van der Waals surface area contributed by atoms with Crippen molar-refractivity contribution in [2.75, 3.05) is 39.9 Å². The van der Waals surface area contributed by atoms with Crippen LogP contribution < -0.4 is 4.74 Å². The lowest BCUT2D eigenvalue weighted by Crippen LogP contribution is -2.35. The topological polar surface area (TPSA) is 79.3 Å². The zero-order valence-electron chi connectivity index (χ0n) is 17.3. The van der Waals surface area contributed by atoms with Crippen LogP contribution in [0.15, 0.2) is 24.3 Å².